The molecule has 4 aromatic rings. The number of fused-ring (bicyclic) bond motifs is 1. The summed E-state index contributed by atoms with van der Waals surface area (Å²) in [5.74, 6) is 0.329. The number of para-hydroxylation sites is 1. The Balaban J connectivity index is 1.61. The Morgan fingerprint density at radius 3 is 2.64 bits per heavy atom. The summed E-state index contributed by atoms with van der Waals surface area (Å²) >= 11 is 6.82. The first-order chi connectivity index (χ1) is 12.2. The van der Waals surface area contributed by atoms with Gasteiger partial charge < -0.3 is 10.3 Å². The molecule has 0 radical (unpaired) electrons. The molecule has 4 rings (SSSR count). The molecule has 0 aliphatic rings. The summed E-state index contributed by atoms with van der Waals surface area (Å²) in [6.07, 6.45) is 0. The fourth-order valence-electron chi connectivity index (χ4n) is 2.42. The van der Waals surface area contributed by atoms with Crippen LogP contribution in [0.25, 0.3) is 22.2 Å². The minimum Gasteiger partial charge on any atom is -0.319 e. The van der Waals surface area contributed by atoms with Crippen LogP contribution in [-0.2, 0) is 0 Å². The molecule has 0 amide bonds. The van der Waals surface area contributed by atoms with Crippen LogP contribution in [-0.4, -0.2) is 19.9 Å². The lowest BCUT2D eigenvalue weighted by Gasteiger charge is -2.05. The highest BCUT2D eigenvalue weighted by Crippen LogP contribution is 2.24. The first-order valence-electron chi connectivity index (χ1n) is 7.52. The van der Waals surface area contributed by atoms with Gasteiger partial charge in [-0.25, -0.2) is 9.97 Å². The molecule has 0 saturated carbocycles. The van der Waals surface area contributed by atoms with E-state index in [0.29, 0.717) is 26.8 Å². The highest BCUT2D eigenvalue weighted by molar-refractivity contribution is 7.81. The molecule has 7 heteroatoms. The second kappa shape index (κ2) is 6.54. The minimum absolute atomic E-state index is 0.214. The van der Waals surface area contributed by atoms with Crippen molar-refractivity contribution in [3.63, 3.8) is 0 Å². The normalized spacial score (nSPS) is 10.7. The fourth-order valence-corrected chi connectivity index (χ4v) is 3.40. The van der Waals surface area contributed by atoms with Crippen LogP contribution in [0, 0.1) is 0 Å². The molecular formula is C18H12N4OS2. The number of nitrogens with one attached hydrogen (secondary N) is 2. The van der Waals surface area contributed by atoms with Crippen molar-refractivity contribution in [3.05, 3.63) is 76.2 Å². The summed E-state index contributed by atoms with van der Waals surface area (Å²) in [5, 5.41) is 6.19. The van der Waals surface area contributed by atoms with Gasteiger partial charge in [-0.3, -0.25) is 4.79 Å². The predicted molar refractivity (Wildman–Crippen MR) is 105 cm³/mol. The number of aromatic nitrogens is 3. The van der Waals surface area contributed by atoms with Crippen molar-refractivity contribution < 1.29 is 0 Å². The van der Waals surface area contributed by atoms with Gasteiger partial charge in [0, 0.05) is 10.9 Å². The zero-order valence-electron chi connectivity index (χ0n) is 12.9. The van der Waals surface area contributed by atoms with Crippen LogP contribution in [0.1, 0.15) is 5.82 Å². The summed E-state index contributed by atoms with van der Waals surface area (Å²) < 4.78 is 0. The topological polar surface area (TPSA) is 70.7 Å². The number of hydrogen-bond acceptors (Lipinski definition) is 5. The average molecular weight is 364 g/mol. The number of thiazole rings is 1. The van der Waals surface area contributed by atoms with Crippen LogP contribution in [0.5, 0.6) is 0 Å². The SMILES string of the molecule is O=c1[nH]c(C(=S)Nc2nc(-c3ccccc3)cs2)nc2ccccc12. The monoisotopic (exact) mass is 364 g/mol. The molecule has 122 valence electrons. The molecule has 0 unspecified atom stereocenters. The lowest BCUT2D eigenvalue weighted by molar-refractivity contribution is 1.14. The number of H-pyrrole nitrogens is 1. The quantitative estimate of drug-likeness (QED) is 0.541. The van der Waals surface area contributed by atoms with Crippen LogP contribution in [0.3, 0.4) is 0 Å². The maximum atomic E-state index is 12.1. The third-order valence-corrected chi connectivity index (χ3v) is 4.68. The van der Waals surface area contributed by atoms with Crippen molar-refractivity contribution in [1.29, 1.82) is 0 Å². The number of nitrogens with zero attached hydrogens (tertiary/aromatic N) is 2. The molecule has 2 heterocycles. The van der Waals surface area contributed by atoms with Gasteiger partial charge in [0.05, 0.1) is 16.6 Å². The van der Waals surface area contributed by atoms with E-state index in [-0.39, 0.29) is 5.56 Å². The number of aromatic amines is 1. The molecular weight excluding hydrogens is 352 g/mol. The molecule has 0 fully saturated rings. The molecule has 2 N–H and O–H groups in total. The van der Waals surface area contributed by atoms with E-state index >= 15 is 0 Å². The Morgan fingerprint density at radius 1 is 1.04 bits per heavy atom. The maximum absolute atomic E-state index is 12.1. The Kier molecular flexibility index (Phi) is 4.09. The summed E-state index contributed by atoms with van der Waals surface area (Å²) in [4.78, 5) is 24.1. The first kappa shape index (κ1) is 15.6. The van der Waals surface area contributed by atoms with Gasteiger partial charge in [0.15, 0.2) is 11.0 Å². The molecule has 5 nitrogen and oxygen atoms in total. The second-order valence-corrected chi connectivity index (χ2v) is 6.56. The van der Waals surface area contributed by atoms with E-state index in [2.05, 4.69) is 20.3 Å². The van der Waals surface area contributed by atoms with E-state index in [4.69, 9.17) is 12.2 Å². The third kappa shape index (κ3) is 3.19. The maximum Gasteiger partial charge on any atom is 0.259 e. The molecule has 25 heavy (non-hydrogen) atoms. The van der Waals surface area contributed by atoms with Crippen LogP contribution < -0.4 is 10.9 Å². The Morgan fingerprint density at radius 2 is 1.80 bits per heavy atom. The van der Waals surface area contributed by atoms with Crippen molar-refractivity contribution >= 4 is 44.6 Å². The van der Waals surface area contributed by atoms with E-state index in [9.17, 15) is 4.79 Å². The predicted octanol–water partition coefficient (Wildman–Crippen LogP) is 3.83. The Labute approximate surface area is 152 Å². The van der Waals surface area contributed by atoms with Gasteiger partial charge >= 0.3 is 0 Å². The van der Waals surface area contributed by atoms with Crippen LogP contribution in [0.4, 0.5) is 5.13 Å². The Hall–Kier alpha value is -2.90. The summed E-state index contributed by atoms with van der Waals surface area (Å²) in [7, 11) is 0. The lowest BCUT2D eigenvalue weighted by atomic mass is 10.2. The highest BCUT2D eigenvalue weighted by atomic mass is 32.1. The van der Waals surface area contributed by atoms with Crippen LogP contribution in [0.2, 0.25) is 0 Å². The molecule has 0 atom stereocenters. The molecule has 0 aliphatic heterocycles. The van der Waals surface area contributed by atoms with Crippen molar-refractivity contribution in [2.75, 3.05) is 5.32 Å². The van der Waals surface area contributed by atoms with E-state index in [1.807, 2.05) is 41.8 Å². The molecule has 0 bridgehead atoms. The largest absolute Gasteiger partial charge is 0.319 e. The lowest BCUT2D eigenvalue weighted by Crippen LogP contribution is -2.20. The molecule has 2 aromatic carbocycles. The molecule has 0 aliphatic carbocycles. The van der Waals surface area contributed by atoms with Gasteiger partial charge in [0.2, 0.25) is 0 Å². The number of benzene rings is 2. The number of hydrogen-bond donors (Lipinski definition) is 2. The molecule has 0 spiro atoms. The number of rotatable bonds is 3. The minimum atomic E-state index is -0.214. The van der Waals surface area contributed by atoms with Crippen molar-refractivity contribution in [2.45, 2.75) is 0 Å². The molecule has 2 aromatic heterocycles. The van der Waals surface area contributed by atoms with E-state index < -0.39 is 0 Å². The average Bonchev–Trinajstić information content (AvgIpc) is 3.11. The summed E-state index contributed by atoms with van der Waals surface area (Å²) in [6, 6.07) is 17.1. The number of thiocarbonyl (C=S) groups is 1. The first-order valence-corrected chi connectivity index (χ1v) is 8.81. The zero-order chi connectivity index (χ0) is 17.2. The van der Waals surface area contributed by atoms with Gasteiger partial charge in [-0.15, -0.1) is 11.3 Å². The summed E-state index contributed by atoms with van der Waals surface area (Å²) in [6.45, 7) is 0. The van der Waals surface area contributed by atoms with Gasteiger partial charge in [-0.1, -0.05) is 54.7 Å². The van der Waals surface area contributed by atoms with Gasteiger partial charge in [0.25, 0.3) is 5.56 Å². The summed E-state index contributed by atoms with van der Waals surface area (Å²) in [5.41, 5.74) is 2.30. The van der Waals surface area contributed by atoms with E-state index in [0.717, 1.165) is 11.3 Å². The molecule has 0 saturated heterocycles. The second-order valence-electron chi connectivity index (χ2n) is 5.29. The van der Waals surface area contributed by atoms with E-state index in [1.165, 1.54) is 11.3 Å². The van der Waals surface area contributed by atoms with Crippen molar-refractivity contribution in [1.82, 2.24) is 15.0 Å². The smallest absolute Gasteiger partial charge is 0.259 e. The highest BCUT2D eigenvalue weighted by Gasteiger charge is 2.11. The Bertz CT molecular complexity index is 1120. The van der Waals surface area contributed by atoms with Crippen LogP contribution >= 0.6 is 23.6 Å². The van der Waals surface area contributed by atoms with Crippen molar-refractivity contribution in [3.8, 4) is 11.3 Å². The zero-order valence-corrected chi connectivity index (χ0v) is 14.5. The third-order valence-electron chi connectivity index (χ3n) is 3.62. The van der Waals surface area contributed by atoms with Gasteiger partial charge in [0.1, 0.15) is 4.99 Å². The van der Waals surface area contributed by atoms with Gasteiger partial charge in [-0.2, -0.15) is 0 Å². The van der Waals surface area contributed by atoms with E-state index in [1.54, 1.807) is 18.2 Å². The van der Waals surface area contributed by atoms with Crippen LogP contribution in [0.15, 0.2) is 64.8 Å². The van der Waals surface area contributed by atoms with Gasteiger partial charge in [-0.05, 0) is 12.1 Å². The standard InChI is InChI=1S/C18H12N4OS2/c23-16-12-8-4-5-9-13(12)19-15(21-16)17(24)22-18-20-14(10-25-18)11-6-2-1-3-7-11/h1-10H,(H,19,21,23)(H,20,22,24). The number of anilines is 1. The fraction of sp³-hybridized carbons (Fsp3) is 0. The van der Waals surface area contributed by atoms with Crippen molar-refractivity contribution in [2.24, 2.45) is 0 Å².